The molecule has 0 spiro atoms. The van der Waals surface area contributed by atoms with Gasteiger partial charge in [0.1, 0.15) is 11.5 Å². The Morgan fingerprint density at radius 3 is 2.33 bits per heavy atom. The van der Waals surface area contributed by atoms with Crippen molar-refractivity contribution in [1.29, 1.82) is 0 Å². The second-order valence-electron chi connectivity index (χ2n) is 5.50. The molecule has 0 heterocycles. The number of aryl methyl sites for hydroxylation is 1. The summed E-state index contributed by atoms with van der Waals surface area (Å²) in [5.41, 5.74) is 4.08. The van der Waals surface area contributed by atoms with Crippen molar-refractivity contribution in [3.05, 3.63) is 47.5 Å². The lowest BCUT2D eigenvalue weighted by molar-refractivity contribution is 0.444. The van der Waals surface area contributed by atoms with Crippen LogP contribution in [0.25, 0.3) is 0 Å². The van der Waals surface area contributed by atoms with Gasteiger partial charge < -0.3 is 20.4 Å². The maximum atomic E-state index is 9.92. The first-order valence-corrected chi connectivity index (χ1v) is 6.95. The Morgan fingerprint density at radius 2 is 1.76 bits per heavy atom. The van der Waals surface area contributed by atoms with E-state index >= 15 is 0 Å². The molecule has 112 valence electrons. The van der Waals surface area contributed by atoms with Crippen LogP contribution in [0.2, 0.25) is 0 Å². The first-order chi connectivity index (χ1) is 9.88. The van der Waals surface area contributed by atoms with Crippen LogP contribution < -0.4 is 10.2 Å². The highest BCUT2D eigenvalue weighted by molar-refractivity contribution is 5.61. The van der Waals surface area contributed by atoms with Gasteiger partial charge in [0.05, 0.1) is 6.04 Å². The van der Waals surface area contributed by atoms with Crippen molar-refractivity contribution in [2.45, 2.75) is 19.9 Å². The zero-order valence-electron chi connectivity index (χ0n) is 12.9. The Kier molecular flexibility index (Phi) is 4.26. The fourth-order valence-electron chi connectivity index (χ4n) is 2.30. The van der Waals surface area contributed by atoms with Crippen LogP contribution in [0.4, 0.5) is 11.4 Å². The minimum atomic E-state index is -0.0606. The molecule has 1 unspecified atom stereocenters. The molecule has 0 aliphatic heterocycles. The Hall–Kier alpha value is -2.36. The number of aromatic hydroxyl groups is 2. The summed E-state index contributed by atoms with van der Waals surface area (Å²) in [5.74, 6) is 0.160. The molecule has 2 aromatic carbocycles. The summed E-state index contributed by atoms with van der Waals surface area (Å²) in [7, 11) is 4.03. The van der Waals surface area contributed by atoms with Crippen LogP contribution in [0.1, 0.15) is 24.1 Å². The molecule has 0 radical (unpaired) electrons. The number of anilines is 2. The molecular formula is C17H22N2O2. The quantitative estimate of drug-likeness (QED) is 0.803. The predicted molar refractivity (Wildman–Crippen MR) is 87.3 cm³/mol. The molecule has 0 aliphatic rings. The van der Waals surface area contributed by atoms with Gasteiger partial charge in [-0.15, -0.1) is 0 Å². The van der Waals surface area contributed by atoms with Crippen molar-refractivity contribution in [2.75, 3.05) is 24.3 Å². The highest BCUT2D eigenvalue weighted by Gasteiger charge is 2.12. The van der Waals surface area contributed by atoms with E-state index in [9.17, 15) is 10.2 Å². The second kappa shape index (κ2) is 5.95. The molecule has 4 nitrogen and oxygen atoms in total. The summed E-state index contributed by atoms with van der Waals surface area (Å²) >= 11 is 0. The number of benzene rings is 2. The van der Waals surface area contributed by atoms with E-state index in [1.165, 1.54) is 6.07 Å². The number of phenols is 2. The third kappa shape index (κ3) is 3.40. The van der Waals surface area contributed by atoms with Crippen LogP contribution in [0.15, 0.2) is 36.4 Å². The van der Waals surface area contributed by atoms with Crippen LogP contribution in [-0.4, -0.2) is 24.3 Å². The van der Waals surface area contributed by atoms with Gasteiger partial charge >= 0.3 is 0 Å². The molecule has 0 amide bonds. The van der Waals surface area contributed by atoms with Gasteiger partial charge in [-0.2, -0.15) is 0 Å². The zero-order valence-corrected chi connectivity index (χ0v) is 12.9. The monoisotopic (exact) mass is 286 g/mol. The van der Waals surface area contributed by atoms with E-state index in [1.54, 1.807) is 12.1 Å². The summed E-state index contributed by atoms with van der Waals surface area (Å²) < 4.78 is 0. The summed E-state index contributed by atoms with van der Waals surface area (Å²) in [4.78, 5) is 2.06. The van der Waals surface area contributed by atoms with Crippen molar-refractivity contribution in [1.82, 2.24) is 0 Å². The van der Waals surface area contributed by atoms with Crippen molar-refractivity contribution in [2.24, 2.45) is 0 Å². The Bertz CT molecular complexity index is 639. The maximum Gasteiger partial charge on any atom is 0.124 e. The number of rotatable bonds is 4. The SMILES string of the molecule is Cc1cc(N(C)C)ccc1NC(C)c1ccc(O)cc1O. The summed E-state index contributed by atoms with van der Waals surface area (Å²) in [5, 5.41) is 22.7. The lowest BCUT2D eigenvalue weighted by Crippen LogP contribution is -2.11. The van der Waals surface area contributed by atoms with Crippen LogP contribution in [-0.2, 0) is 0 Å². The number of nitrogens with zero attached hydrogens (tertiary/aromatic N) is 1. The maximum absolute atomic E-state index is 9.92. The van der Waals surface area contributed by atoms with Crippen LogP contribution in [0, 0.1) is 6.92 Å². The van der Waals surface area contributed by atoms with E-state index in [-0.39, 0.29) is 17.5 Å². The third-order valence-electron chi connectivity index (χ3n) is 3.58. The van der Waals surface area contributed by atoms with Gasteiger partial charge in [0.2, 0.25) is 0 Å². The molecule has 0 fully saturated rings. The average Bonchev–Trinajstić information content (AvgIpc) is 2.40. The molecule has 0 aliphatic carbocycles. The summed E-state index contributed by atoms with van der Waals surface area (Å²) in [6.45, 7) is 4.03. The van der Waals surface area contributed by atoms with Gasteiger partial charge in [0.25, 0.3) is 0 Å². The Morgan fingerprint density at radius 1 is 1.05 bits per heavy atom. The van der Waals surface area contributed by atoms with Gasteiger partial charge in [-0.25, -0.2) is 0 Å². The molecule has 2 aromatic rings. The van der Waals surface area contributed by atoms with E-state index in [1.807, 2.05) is 27.1 Å². The molecule has 3 N–H and O–H groups in total. The number of hydrogen-bond donors (Lipinski definition) is 3. The van der Waals surface area contributed by atoms with E-state index in [2.05, 4.69) is 29.3 Å². The van der Waals surface area contributed by atoms with E-state index in [0.717, 1.165) is 22.5 Å². The molecular weight excluding hydrogens is 264 g/mol. The lowest BCUT2D eigenvalue weighted by Gasteiger charge is -2.20. The minimum absolute atomic E-state index is 0.0606. The highest BCUT2D eigenvalue weighted by Crippen LogP contribution is 2.31. The summed E-state index contributed by atoms with van der Waals surface area (Å²) in [6.07, 6.45) is 0. The number of hydrogen-bond acceptors (Lipinski definition) is 4. The molecule has 0 aromatic heterocycles. The zero-order chi connectivity index (χ0) is 15.6. The number of nitrogens with one attached hydrogen (secondary N) is 1. The minimum Gasteiger partial charge on any atom is -0.508 e. The number of phenolic OH excluding ortho intramolecular Hbond substituents is 2. The molecule has 4 heteroatoms. The standard InChI is InChI=1S/C17H22N2O2/c1-11-9-13(19(3)4)5-8-16(11)18-12(2)15-7-6-14(20)10-17(15)21/h5-10,12,18,20-21H,1-4H3. The topological polar surface area (TPSA) is 55.7 Å². The first-order valence-electron chi connectivity index (χ1n) is 6.95. The molecule has 2 rings (SSSR count). The molecule has 1 atom stereocenters. The van der Waals surface area contributed by atoms with Crippen molar-refractivity contribution in [3.8, 4) is 11.5 Å². The van der Waals surface area contributed by atoms with Gasteiger partial charge in [-0.1, -0.05) is 0 Å². The highest BCUT2D eigenvalue weighted by atomic mass is 16.3. The largest absolute Gasteiger partial charge is 0.508 e. The van der Waals surface area contributed by atoms with Crippen LogP contribution >= 0.6 is 0 Å². The molecule has 0 saturated heterocycles. The molecule has 21 heavy (non-hydrogen) atoms. The smallest absolute Gasteiger partial charge is 0.124 e. The second-order valence-corrected chi connectivity index (χ2v) is 5.50. The van der Waals surface area contributed by atoms with Crippen molar-refractivity contribution < 1.29 is 10.2 Å². The van der Waals surface area contributed by atoms with Gasteiger partial charge in [-0.05, 0) is 49.7 Å². The van der Waals surface area contributed by atoms with Gasteiger partial charge in [0, 0.05) is 37.1 Å². The van der Waals surface area contributed by atoms with Crippen molar-refractivity contribution in [3.63, 3.8) is 0 Å². The third-order valence-corrected chi connectivity index (χ3v) is 3.58. The van der Waals surface area contributed by atoms with E-state index < -0.39 is 0 Å². The van der Waals surface area contributed by atoms with Crippen LogP contribution in [0.3, 0.4) is 0 Å². The first kappa shape index (κ1) is 15.0. The van der Waals surface area contributed by atoms with E-state index in [4.69, 9.17) is 0 Å². The van der Waals surface area contributed by atoms with Crippen molar-refractivity contribution >= 4 is 11.4 Å². The predicted octanol–water partition coefficient (Wildman–Crippen LogP) is 3.65. The van der Waals surface area contributed by atoms with Gasteiger partial charge in [-0.3, -0.25) is 0 Å². The summed E-state index contributed by atoms with van der Waals surface area (Å²) in [6, 6.07) is 10.8. The fourth-order valence-corrected chi connectivity index (χ4v) is 2.30. The molecule has 0 bridgehead atoms. The van der Waals surface area contributed by atoms with Gasteiger partial charge in [0.15, 0.2) is 0 Å². The Balaban J connectivity index is 2.21. The molecule has 0 saturated carbocycles. The van der Waals surface area contributed by atoms with E-state index in [0.29, 0.717) is 0 Å². The normalized spacial score (nSPS) is 12.0. The lowest BCUT2D eigenvalue weighted by atomic mass is 10.1. The fraction of sp³-hybridized carbons (Fsp3) is 0.294. The average molecular weight is 286 g/mol. The Labute approximate surface area is 125 Å². The van der Waals surface area contributed by atoms with Crippen LogP contribution in [0.5, 0.6) is 11.5 Å².